The molecule has 1 N–H and O–H groups in total. The second kappa shape index (κ2) is 10.4. The van der Waals surface area contributed by atoms with Gasteiger partial charge in [-0.3, -0.25) is 4.79 Å². The van der Waals surface area contributed by atoms with Crippen molar-refractivity contribution < 1.29 is 4.79 Å². The van der Waals surface area contributed by atoms with Crippen LogP contribution in [0, 0.1) is 25.7 Å². The number of nitrogens with one attached hydrogen (secondary N) is 1. The van der Waals surface area contributed by atoms with Crippen molar-refractivity contribution in [1.29, 1.82) is 0 Å². The molecule has 0 unspecified atom stereocenters. The molecule has 0 aliphatic heterocycles. The normalized spacial score (nSPS) is 11.8. The third-order valence-electron chi connectivity index (χ3n) is 6.32. The first-order valence-corrected chi connectivity index (χ1v) is 12.2. The lowest BCUT2D eigenvalue weighted by Crippen LogP contribution is -2.34. The summed E-state index contributed by atoms with van der Waals surface area (Å²) < 4.78 is 2.27. The number of carbonyl (C=O) groups is 1. The molecule has 0 spiro atoms. The van der Waals surface area contributed by atoms with Gasteiger partial charge in [0.2, 0.25) is 0 Å². The van der Waals surface area contributed by atoms with Crippen LogP contribution in [0.3, 0.4) is 0 Å². The van der Waals surface area contributed by atoms with Crippen LogP contribution < -0.4 is 0 Å². The van der Waals surface area contributed by atoms with Gasteiger partial charge in [-0.25, -0.2) is 4.98 Å². The molecule has 0 saturated heterocycles. The molecule has 0 aliphatic carbocycles. The van der Waals surface area contributed by atoms with Crippen LogP contribution in [0.2, 0.25) is 0 Å². The van der Waals surface area contributed by atoms with Gasteiger partial charge in [0.25, 0.3) is 5.91 Å². The van der Waals surface area contributed by atoms with Gasteiger partial charge in [-0.05, 0) is 68.7 Å². The van der Waals surface area contributed by atoms with Gasteiger partial charge in [-0.2, -0.15) is 0 Å². The molecule has 32 heavy (non-hydrogen) atoms. The summed E-state index contributed by atoms with van der Waals surface area (Å²) >= 11 is 0. The molecule has 0 aliphatic rings. The Labute approximate surface area is 193 Å². The average Bonchev–Trinajstić information content (AvgIpc) is 3.27. The zero-order valence-electron chi connectivity index (χ0n) is 21.0. The Balaban J connectivity index is 2.00. The zero-order valence-corrected chi connectivity index (χ0v) is 21.0. The highest BCUT2D eigenvalue weighted by molar-refractivity contribution is 5.98. The Hall–Kier alpha value is -2.56. The lowest BCUT2D eigenvalue weighted by Gasteiger charge is -2.24. The summed E-state index contributed by atoms with van der Waals surface area (Å²) in [6, 6.07) is 6.01. The van der Waals surface area contributed by atoms with Crippen molar-refractivity contribution in [3.8, 4) is 11.4 Å². The lowest BCUT2D eigenvalue weighted by atomic mass is 10.1. The van der Waals surface area contributed by atoms with Gasteiger partial charge in [0, 0.05) is 42.7 Å². The van der Waals surface area contributed by atoms with Crippen molar-refractivity contribution in [2.45, 2.75) is 74.3 Å². The molecular formula is C27H40N4O. The maximum atomic E-state index is 13.5. The van der Waals surface area contributed by atoms with Gasteiger partial charge in [-0.1, -0.05) is 34.6 Å². The van der Waals surface area contributed by atoms with Crippen molar-refractivity contribution in [3.05, 3.63) is 41.2 Å². The minimum atomic E-state index is 0.132. The Bertz CT molecular complexity index is 1050. The number of rotatable bonds is 10. The monoisotopic (exact) mass is 436 g/mol. The van der Waals surface area contributed by atoms with E-state index in [0.717, 1.165) is 72.6 Å². The molecule has 3 rings (SSSR count). The second-order valence-corrected chi connectivity index (χ2v) is 9.90. The molecule has 174 valence electrons. The number of fused-ring (bicyclic) bond motifs is 1. The highest BCUT2D eigenvalue weighted by Gasteiger charge is 2.20. The first-order valence-electron chi connectivity index (χ1n) is 12.2. The van der Waals surface area contributed by atoms with E-state index in [1.54, 1.807) is 0 Å². The van der Waals surface area contributed by atoms with Crippen molar-refractivity contribution in [2.75, 3.05) is 13.1 Å². The summed E-state index contributed by atoms with van der Waals surface area (Å²) in [6.07, 6.45) is 5.10. The van der Waals surface area contributed by atoms with Crippen molar-refractivity contribution in [3.63, 3.8) is 0 Å². The molecule has 2 aromatic heterocycles. The summed E-state index contributed by atoms with van der Waals surface area (Å²) in [5.41, 5.74) is 6.27. The van der Waals surface area contributed by atoms with Crippen LogP contribution in [0.1, 0.15) is 75.5 Å². The molecule has 0 bridgehead atoms. The molecule has 0 radical (unpaired) electrons. The summed E-state index contributed by atoms with van der Waals surface area (Å²) in [5.74, 6) is 2.26. The first-order chi connectivity index (χ1) is 15.2. The minimum absolute atomic E-state index is 0.132. The number of nitrogens with zero attached hydrogens (tertiary/aromatic N) is 3. The smallest absolute Gasteiger partial charge is 0.253 e. The Morgan fingerprint density at radius 1 is 1.09 bits per heavy atom. The van der Waals surface area contributed by atoms with Gasteiger partial charge in [0.05, 0.1) is 11.0 Å². The number of aryl methyl sites for hydroxylation is 2. The number of imidazole rings is 1. The van der Waals surface area contributed by atoms with Crippen LogP contribution in [0.5, 0.6) is 0 Å². The van der Waals surface area contributed by atoms with Crippen LogP contribution >= 0.6 is 0 Å². The van der Waals surface area contributed by atoms with Gasteiger partial charge >= 0.3 is 0 Å². The van der Waals surface area contributed by atoms with Gasteiger partial charge < -0.3 is 14.5 Å². The quantitative estimate of drug-likeness (QED) is 0.389. The van der Waals surface area contributed by atoms with E-state index in [4.69, 9.17) is 4.98 Å². The maximum Gasteiger partial charge on any atom is 0.253 e. The van der Waals surface area contributed by atoms with E-state index in [0.29, 0.717) is 11.8 Å². The van der Waals surface area contributed by atoms with Crippen LogP contribution in [-0.2, 0) is 6.54 Å². The minimum Gasteiger partial charge on any atom is -0.364 e. The van der Waals surface area contributed by atoms with Crippen LogP contribution in [0.4, 0.5) is 0 Å². The molecule has 0 fully saturated rings. The highest BCUT2D eigenvalue weighted by atomic mass is 16.2. The number of hydrogen-bond donors (Lipinski definition) is 1. The summed E-state index contributed by atoms with van der Waals surface area (Å²) in [4.78, 5) is 23.8. The first kappa shape index (κ1) is 24.1. The average molecular weight is 437 g/mol. The topological polar surface area (TPSA) is 53.9 Å². The molecule has 3 aromatic rings. The van der Waals surface area contributed by atoms with Crippen molar-refractivity contribution >= 4 is 16.9 Å². The highest BCUT2D eigenvalue weighted by Crippen LogP contribution is 2.30. The van der Waals surface area contributed by atoms with E-state index >= 15 is 0 Å². The van der Waals surface area contributed by atoms with Crippen molar-refractivity contribution in [2.24, 2.45) is 11.8 Å². The number of benzene rings is 1. The van der Waals surface area contributed by atoms with Gasteiger partial charge in [-0.15, -0.1) is 0 Å². The third-order valence-corrected chi connectivity index (χ3v) is 6.32. The Morgan fingerprint density at radius 3 is 2.28 bits per heavy atom. The summed E-state index contributed by atoms with van der Waals surface area (Å²) in [6.45, 7) is 17.7. The van der Waals surface area contributed by atoms with E-state index in [-0.39, 0.29) is 5.91 Å². The molecule has 1 amide bonds. The molecule has 1 aromatic carbocycles. The Kier molecular flexibility index (Phi) is 7.81. The van der Waals surface area contributed by atoms with Crippen LogP contribution in [0.15, 0.2) is 24.4 Å². The zero-order chi connectivity index (χ0) is 23.4. The van der Waals surface area contributed by atoms with E-state index in [9.17, 15) is 4.79 Å². The molecule has 2 heterocycles. The number of amides is 1. The second-order valence-electron chi connectivity index (χ2n) is 9.90. The lowest BCUT2D eigenvalue weighted by molar-refractivity contribution is 0.0741. The third kappa shape index (κ3) is 5.25. The van der Waals surface area contributed by atoms with Crippen LogP contribution in [-0.4, -0.2) is 38.4 Å². The molecular weight excluding hydrogens is 396 g/mol. The Morgan fingerprint density at radius 2 is 1.75 bits per heavy atom. The van der Waals surface area contributed by atoms with Crippen molar-refractivity contribution in [1.82, 2.24) is 19.4 Å². The fourth-order valence-electron chi connectivity index (χ4n) is 4.07. The predicted molar refractivity (Wildman–Crippen MR) is 134 cm³/mol. The number of carbonyl (C=O) groups excluding carboxylic acids is 1. The standard InChI is InChI=1S/C27H40N4O/c1-8-13-31-25-16-22(27(32)30(14-11-18(2)3)15-12-19(4)5)9-10-24(25)29-26(31)23-17-28-21(7)20(23)6/h9-10,16-19,28H,8,11-15H2,1-7H3. The van der Waals surface area contributed by atoms with Gasteiger partial charge in [0.1, 0.15) is 5.82 Å². The number of aromatic amines is 1. The summed E-state index contributed by atoms with van der Waals surface area (Å²) in [7, 11) is 0. The number of aromatic nitrogens is 3. The van der Waals surface area contributed by atoms with E-state index < -0.39 is 0 Å². The molecule has 5 nitrogen and oxygen atoms in total. The van der Waals surface area contributed by atoms with E-state index in [1.165, 1.54) is 5.56 Å². The van der Waals surface area contributed by atoms with E-state index in [2.05, 4.69) is 64.1 Å². The molecule has 0 atom stereocenters. The fourth-order valence-corrected chi connectivity index (χ4v) is 4.07. The number of hydrogen-bond acceptors (Lipinski definition) is 2. The SMILES string of the molecule is CCCn1c(-c2c[nH]c(C)c2C)nc2ccc(C(=O)N(CCC(C)C)CCC(C)C)cc21. The largest absolute Gasteiger partial charge is 0.364 e. The maximum absolute atomic E-state index is 13.5. The van der Waals surface area contributed by atoms with Crippen LogP contribution in [0.25, 0.3) is 22.4 Å². The number of H-pyrrole nitrogens is 1. The molecule has 0 saturated carbocycles. The van der Waals surface area contributed by atoms with Gasteiger partial charge in [0.15, 0.2) is 0 Å². The summed E-state index contributed by atoms with van der Waals surface area (Å²) in [5, 5.41) is 0. The predicted octanol–water partition coefficient (Wildman–Crippen LogP) is 6.59. The fraction of sp³-hybridized carbons (Fsp3) is 0.556. The van der Waals surface area contributed by atoms with E-state index in [1.807, 2.05) is 23.2 Å². The molecule has 5 heteroatoms.